The number of rotatable bonds is 4. The summed E-state index contributed by atoms with van der Waals surface area (Å²) < 4.78 is 0. The molecule has 0 fully saturated rings. The first kappa shape index (κ1) is 13.5. The van der Waals surface area contributed by atoms with Gasteiger partial charge in [0.25, 0.3) is 0 Å². The average Bonchev–Trinajstić information content (AvgIpc) is 2.39. The molecule has 0 aromatic heterocycles. The standard InChI is InChI=1S/C17H22N2/c1-3-11-17(2,13-7-5-4-6-8-13)15-10-9-14(18)12-16(15)19/h4-10,12H,3,11,18-19H2,1-2H3. The summed E-state index contributed by atoms with van der Waals surface area (Å²) in [5.74, 6) is 0. The molecule has 2 rings (SSSR count). The van der Waals surface area contributed by atoms with Crippen LogP contribution in [-0.2, 0) is 5.41 Å². The number of nitrogen functional groups attached to an aromatic ring is 2. The molecule has 19 heavy (non-hydrogen) atoms. The second kappa shape index (κ2) is 5.35. The molecule has 100 valence electrons. The Morgan fingerprint density at radius 2 is 1.68 bits per heavy atom. The number of hydrogen-bond acceptors (Lipinski definition) is 2. The summed E-state index contributed by atoms with van der Waals surface area (Å²) in [6, 6.07) is 16.4. The lowest BCUT2D eigenvalue weighted by molar-refractivity contribution is 0.513. The molecule has 0 saturated heterocycles. The van der Waals surface area contributed by atoms with Crippen molar-refractivity contribution in [1.29, 1.82) is 0 Å². The monoisotopic (exact) mass is 254 g/mol. The molecule has 0 aliphatic carbocycles. The molecule has 0 aliphatic heterocycles. The minimum atomic E-state index is -0.0617. The van der Waals surface area contributed by atoms with Crippen molar-refractivity contribution >= 4 is 11.4 Å². The number of hydrogen-bond donors (Lipinski definition) is 2. The maximum absolute atomic E-state index is 6.20. The van der Waals surface area contributed by atoms with Crippen LogP contribution >= 0.6 is 0 Å². The summed E-state index contributed by atoms with van der Waals surface area (Å²) in [5.41, 5.74) is 15.9. The minimum Gasteiger partial charge on any atom is -0.399 e. The SMILES string of the molecule is CCCC(C)(c1ccccc1)c1ccc(N)cc1N. The van der Waals surface area contributed by atoms with E-state index < -0.39 is 0 Å². The average molecular weight is 254 g/mol. The van der Waals surface area contributed by atoms with E-state index in [1.54, 1.807) is 0 Å². The zero-order valence-electron chi connectivity index (χ0n) is 11.7. The molecule has 1 unspecified atom stereocenters. The molecule has 2 aromatic carbocycles. The predicted molar refractivity (Wildman–Crippen MR) is 83.1 cm³/mol. The van der Waals surface area contributed by atoms with Crippen LogP contribution in [0.25, 0.3) is 0 Å². The Bertz CT molecular complexity index is 548. The van der Waals surface area contributed by atoms with Crippen LogP contribution in [0.3, 0.4) is 0 Å². The maximum Gasteiger partial charge on any atom is 0.0376 e. The van der Waals surface area contributed by atoms with Crippen LogP contribution in [-0.4, -0.2) is 0 Å². The molecule has 0 amide bonds. The second-order valence-corrected chi connectivity index (χ2v) is 5.29. The van der Waals surface area contributed by atoms with Gasteiger partial charge in [-0.15, -0.1) is 0 Å². The van der Waals surface area contributed by atoms with E-state index in [0.717, 1.165) is 24.1 Å². The van der Waals surface area contributed by atoms with Crippen LogP contribution in [0, 0.1) is 0 Å². The van der Waals surface area contributed by atoms with Crippen molar-refractivity contribution in [3.63, 3.8) is 0 Å². The van der Waals surface area contributed by atoms with Gasteiger partial charge in [-0.3, -0.25) is 0 Å². The Morgan fingerprint density at radius 3 is 2.26 bits per heavy atom. The van der Waals surface area contributed by atoms with Crippen LogP contribution in [0.4, 0.5) is 11.4 Å². The van der Waals surface area contributed by atoms with Gasteiger partial charge in [0.05, 0.1) is 0 Å². The van der Waals surface area contributed by atoms with Crippen LogP contribution in [0.2, 0.25) is 0 Å². The number of anilines is 2. The van der Waals surface area contributed by atoms with E-state index in [9.17, 15) is 0 Å². The fourth-order valence-corrected chi connectivity index (χ4v) is 2.82. The molecule has 1 atom stereocenters. The molecule has 2 aromatic rings. The smallest absolute Gasteiger partial charge is 0.0376 e. The Morgan fingerprint density at radius 1 is 1.00 bits per heavy atom. The molecule has 0 heterocycles. The van der Waals surface area contributed by atoms with Crippen LogP contribution in [0.1, 0.15) is 37.8 Å². The van der Waals surface area contributed by atoms with Gasteiger partial charge in [0.15, 0.2) is 0 Å². The van der Waals surface area contributed by atoms with Gasteiger partial charge in [0, 0.05) is 16.8 Å². The molecule has 4 N–H and O–H groups in total. The fourth-order valence-electron chi connectivity index (χ4n) is 2.82. The van der Waals surface area contributed by atoms with Gasteiger partial charge in [0.1, 0.15) is 0 Å². The third-order valence-corrected chi connectivity index (χ3v) is 3.83. The highest BCUT2D eigenvalue weighted by atomic mass is 14.6. The van der Waals surface area contributed by atoms with Gasteiger partial charge in [-0.05, 0) is 29.7 Å². The molecule has 2 heteroatoms. The highest BCUT2D eigenvalue weighted by Crippen LogP contribution is 2.39. The lowest BCUT2D eigenvalue weighted by atomic mass is 9.72. The lowest BCUT2D eigenvalue weighted by Crippen LogP contribution is -2.24. The van der Waals surface area contributed by atoms with Gasteiger partial charge >= 0.3 is 0 Å². The first-order valence-corrected chi connectivity index (χ1v) is 6.79. The number of benzene rings is 2. The van der Waals surface area contributed by atoms with Crippen LogP contribution in [0.5, 0.6) is 0 Å². The Kier molecular flexibility index (Phi) is 3.79. The van der Waals surface area contributed by atoms with E-state index in [1.165, 1.54) is 5.56 Å². The van der Waals surface area contributed by atoms with Crippen molar-refractivity contribution in [3.8, 4) is 0 Å². The lowest BCUT2D eigenvalue weighted by Gasteiger charge is -2.32. The van der Waals surface area contributed by atoms with Crippen molar-refractivity contribution in [2.24, 2.45) is 0 Å². The van der Waals surface area contributed by atoms with E-state index >= 15 is 0 Å². The molecule has 0 aliphatic rings. The van der Waals surface area contributed by atoms with Crippen LogP contribution < -0.4 is 11.5 Å². The second-order valence-electron chi connectivity index (χ2n) is 5.29. The van der Waals surface area contributed by atoms with Gasteiger partial charge in [0.2, 0.25) is 0 Å². The zero-order valence-corrected chi connectivity index (χ0v) is 11.7. The molecule has 0 saturated carbocycles. The minimum absolute atomic E-state index is 0.0617. The topological polar surface area (TPSA) is 52.0 Å². The fraction of sp³-hybridized carbons (Fsp3) is 0.294. The van der Waals surface area contributed by atoms with Crippen molar-refractivity contribution in [2.75, 3.05) is 11.5 Å². The summed E-state index contributed by atoms with van der Waals surface area (Å²) in [6.45, 7) is 4.46. The van der Waals surface area contributed by atoms with Gasteiger partial charge in [-0.25, -0.2) is 0 Å². The number of nitrogens with two attached hydrogens (primary N) is 2. The summed E-state index contributed by atoms with van der Waals surface area (Å²) in [5, 5.41) is 0. The van der Waals surface area contributed by atoms with Gasteiger partial charge in [-0.2, -0.15) is 0 Å². The normalized spacial score (nSPS) is 14.0. The van der Waals surface area contributed by atoms with E-state index in [1.807, 2.05) is 18.2 Å². The molecule has 0 spiro atoms. The summed E-state index contributed by atoms with van der Waals surface area (Å²) in [6.07, 6.45) is 2.17. The third kappa shape index (κ3) is 2.58. The van der Waals surface area contributed by atoms with E-state index in [4.69, 9.17) is 11.5 Å². The van der Waals surface area contributed by atoms with Gasteiger partial charge < -0.3 is 11.5 Å². The summed E-state index contributed by atoms with van der Waals surface area (Å²) in [4.78, 5) is 0. The van der Waals surface area contributed by atoms with E-state index in [0.29, 0.717) is 5.69 Å². The molecule has 0 radical (unpaired) electrons. The third-order valence-electron chi connectivity index (χ3n) is 3.83. The highest BCUT2D eigenvalue weighted by Gasteiger charge is 2.29. The summed E-state index contributed by atoms with van der Waals surface area (Å²) in [7, 11) is 0. The van der Waals surface area contributed by atoms with Gasteiger partial charge in [-0.1, -0.05) is 56.7 Å². The Balaban J connectivity index is 2.56. The van der Waals surface area contributed by atoms with Crippen molar-refractivity contribution < 1.29 is 0 Å². The predicted octanol–water partition coefficient (Wildman–Crippen LogP) is 3.96. The quantitative estimate of drug-likeness (QED) is 0.811. The first-order chi connectivity index (χ1) is 9.08. The van der Waals surface area contributed by atoms with Crippen molar-refractivity contribution in [1.82, 2.24) is 0 Å². The Hall–Kier alpha value is -1.96. The largest absolute Gasteiger partial charge is 0.399 e. The van der Waals surface area contributed by atoms with Crippen molar-refractivity contribution in [2.45, 2.75) is 32.1 Å². The zero-order chi connectivity index (χ0) is 13.9. The molecular formula is C17H22N2. The summed E-state index contributed by atoms with van der Waals surface area (Å²) >= 11 is 0. The molecule has 0 bridgehead atoms. The van der Waals surface area contributed by atoms with E-state index in [-0.39, 0.29) is 5.41 Å². The first-order valence-electron chi connectivity index (χ1n) is 6.79. The molecular weight excluding hydrogens is 232 g/mol. The Labute approximate surface area is 115 Å². The van der Waals surface area contributed by atoms with Crippen LogP contribution in [0.15, 0.2) is 48.5 Å². The van der Waals surface area contributed by atoms with E-state index in [2.05, 4.69) is 44.2 Å². The molecule has 2 nitrogen and oxygen atoms in total. The maximum atomic E-state index is 6.20. The van der Waals surface area contributed by atoms with Crippen molar-refractivity contribution in [3.05, 3.63) is 59.7 Å². The highest BCUT2D eigenvalue weighted by molar-refractivity contribution is 5.61.